The first kappa shape index (κ1) is 13.7. The number of hydrogen-bond acceptors (Lipinski definition) is 4. The number of aromatic nitrogens is 1. The minimum absolute atomic E-state index is 0.114. The van der Waals surface area contributed by atoms with Crippen molar-refractivity contribution in [1.82, 2.24) is 10.1 Å². The summed E-state index contributed by atoms with van der Waals surface area (Å²) in [5.41, 5.74) is 1.01. The number of phenolic OH excluding ortho intramolecular Hbond substituents is 1. The van der Waals surface area contributed by atoms with E-state index >= 15 is 0 Å². The molecule has 1 fully saturated rings. The van der Waals surface area contributed by atoms with Gasteiger partial charge >= 0.3 is 0 Å². The second-order valence-electron chi connectivity index (χ2n) is 5.48. The topological polar surface area (TPSA) is 66.6 Å². The smallest absolute Gasteiger partial charge is 0.276 e. The number of carbonyl (C=O) groups is 1. The Hall–Kier alpha value is -2.30. The van der Waals surface area contributed by atoms with Crippen LogP contribution in [-0.4, -0.2) is 34.2 Å². The molecule has 3 rings (SSSR count). The van der Waals surface area contributed by atoms with Crippen molar-refractivity contribution in [2.24, 2.45) is 0 Å². The third-order valence-corrected chi connectivity index (χ3v) is 4.05. The van der Waals surface area contributed by atoms with Gasteiger partial charge in [-0.05, 0) is 25.0 Å². The quantitative estimate of drug-likeness (QED) is 0.941. The molecule has 5 nitrogen and oxygen atoms in total. The van der Waals surface area contributed by atoms with Crippen LogP contribution < -0.4 is 0 Å². The Morgan fingerprint density at radius 3 is 2.81 bits per heavy atom. The molecule has 1 heterocycles. The highest BCUT2D eigenvalue weighted by molar-refractivity contribution is 5.93. The van der Waals surface area contributed by atoms with Crippen LogP contribution in [0, 0.1) is 0 Å². The molecule has 0 radical (unpaired) electrons. The van der Waals surface area contributed by atoms with E-state index in [0.717, 1.165) is 12.8 Å². The average Bonchev–Trinajstić information content (AvgIpc) is 3.17. The first-order chi connectivity index (χ1) is 10.1. The number of phenols is 1. The minimum atomic E-state index is -0.114. The monoisotopic (exact) mass is 286 g/mol. The highest BCUT2D eigenvalue weighted by atomic mass is 16.5. The van der Waals surface area contributed by atoms with Gasteiger partial charge in [-0.1, -0.05) is 30.1 Å². The maximum atomic E-state index is 12.4. The molecule has 0 atom stereocenters. The van der Waals surface area contributed by atoms with Crippen LogP contribution in [0.2, 0.25) is 0 Å². The second-order valence-corrected chi connectivity index (χ2v) is 5.48. The van der Waals surface area contributed by atoms with Crippen molar-refractivity contribution >= 4 is 5.91 Å². The minimum Gasteiger partial charge on any atom is -0.508 e. The molecular weight excluding hydrogens is 268 g/mol. The SMILES string of the molecule is CN(C(=O)c1cc(-c2cccc(O)c2)on1)C1CCCC1. The van der Waals surface area contributed by atoms with Crippen molar-refractivity contribution in [3.63, 3.8) is 0 Å². The fourth-order valence-electron chi connectivity index (χ4n) is 2.81. The van der Waals surface area contributed by atoms with Crippen LogP contribution >= 0.6 is 0 Å². The highest BCUT2D eigenvalue weighted by Gasteiger charge is 2.26. The fourth-order valence-corrected chi connectivity index (χ4v) is 2.81. The molecule has 0 aliphatic heterocycles. The lowest BCUT2D eigenvalue weighted by Crippen LogP contribution is -2.35. The molecule has 1 saturated carbocycles. The maximum absolute atomic E-state index is 12.4. The van der Waals surface area contributed by atoms with Crippen molar-refractivity contribution in [1.29, 1.82) is 0 Å². The molecule has 2 aromatic rings. The summed E-state index contributed by atoms with van der Waals surface area (Å²) in [6, 6.07) is 8.62. The van der Waals surface area contributed by atoms with Gasteiger partial charge in [0.1, 0.15) is 5.75 Å². The zero-order chi connectivity index (χ0) is 14.8. The summed E-state index contributed by atoms with van der Waals surface area (Å²) in [4.78, 5) is 14.2. The molecule has 0 bridgehead atoms. The summed E-state index contributed by atoms with van der Waals surface area (Å²) >= 11 is 0. The molecule has 0 saturated heterocycles. The van der Waals surface area contributed by atoms with Crippen LogP contribution in [0.15, 0.2) is 34.9 Å². The maximum Gasteiger partial charge on any atom is 0.276 e. The van der Waals surface area contributed by atoms with Gasteiger partial charge in [0.25, 0.3) is 5.91 Å². The summed E-state index contributed by atoms with van der Waals surface area (Å²) in [5, 5.41) is 13.4. The van der Waals surface area contributed by atoms with E-state index in [2.05, 4.69) is 5.16 Å². The van der Waals surface area contributed by atoms with Crippen molar-refractivity contribution in [3.05, 3.63) is 36.0 Å². The highest BCUT2D eigenvalue weighted by Crippen LogP contribution is 2.26. The van der Waals surface area contributed by atoms with Crippen LogP contribution in [-0.2, 0) is 0 Å². The van der Waals surface area contributed by atoms with Crippen molar-refractivity contribution < 1.29 is 14.4 Å². The summed E-state index contributed by atoms with van der Waals surface area (Å²) < 4.78 is 5.23. The lowest BCUT2D eigenvalue weighted by Gasteiger charge is -2.22. The van der Waals surface area contributed by atoms with E-state index in [1.54, 1.807) is 35.2 Å². The third kappa shape index (κ3) is 2.77. The van der Waals surface area contributed by atoms with Crippen molar-refractivity contribution in [3.8, 4) is 17.1 Å². The van der Waals surface area contributed by atoms with Gasteiger partial charge in [-0.25, -0.2) is 0 Å². The van der Waals surface area contributed by atoms with E-state index in [1.165, 1.54) is 12.8 Å². The molecule has 5 heteroatoms. The van der Waals surface area contributed by atoms with E-state index in [9.17, 15) is 9.90 Å². The number of hydrogen-bond donors (Lipinski definition) is 1. The Morgan fingerprint density at radius 2 is 2.10 bits per heavy atom. The average molecular weight is 286 g/mol. The molecular formula is C16H18N2O3. The molecule has 1 aliphatic rings. The predicted molar refractivity (Wildman–Crippen MR) is 78.0 cm³/mol. The Bertz CT molecular complexity index is 644. The normalized spacial score (nSPS) is 15.3. The predicted octanol–water partition coefficient (Wildman–Crippen LogP) is 3.06. The van der Waals surface area contributed by atoms with E-state index < -0.39 is 0 Å². The van der Waals surface area contributed by atoms with Gasteiger partial charge in [0, 0.05) is 24.7 Å². The zero-order valence-corrected chi connectivity index (χ0v) is 12.0. The summed E-state index contributed by atoms with van der Waals surface area (Å²) in [7, 11) is 1.82. The molecule has 1 aromatic carbocycles. The number of amides is 1. The van der Waals surface area contributed by atoms with Gasteiger partial charge in [0.05, 0.1) is 0 Å². The molecule has 110 valence electrons. The summed E-state index contributed by atoms with van der Waals surface area (Å²) in [6.45, 7) is 0. The molecule has 0 spiro atoms. The molecule has 1 aromatic heterocycles. The first-order valence-electron chi connectivity index (χ1n) is 7.18. The number of benzene rings is 1. The summed E-state index contributed by atoms with van der Waals surface area (Å²) in [5.74, 6) is 0.519. The van der Waals surface area contributed by atoms with Crippen molar-refractivity contribution in [2.45, 2.75) is 31.7 Å². The molecule has 0 unspecified atom stereocenters. The lowest BCUT2D eigenvalue weighted by molar-refractivity contribution is 0.0724. The Kier molecular flexibility index (Phi) is 3.64. The number of carbonyl (C=O) groups excluding carboxylic acids is 1. The number of nitrogens with zero attached hydrogens (tertiary/aromatic N) is 2. The molecule has 1 aliphatic carbocycles. The first-order valence-corrected chi connectivity index (χ1v) is 7.18. The van der Waals surface area contributed by atoms with E-state index in [0.29, 0.717) is 23.1 Å². The van der Waals surface area contributed by atoms with E-state index in [4.69, 9.17) is 4.52 Å². The van der Waals surface area contributed by atoms with Crippen LogP contribution in [0.25, 0.3) is 11.3 Å². The van der Waals surface area contributed by atoms with Crippen LogP contribution in [0.1, 0.15) is 36.2 Å². The van der Waals surface area contributed by atoms with Gasteiger partial charge in [0.2, 0.25) is 0 Å². The van der Waals surface area contributed by atoms with Crippen LogP contribution in [0.5, 0.6) is 5.75 Å². The van der Waals surface area contributed by atoms with Gasteiger partial charge < -0.3 is 14.5 Å². The fraction of sp³-hybridized carbons (Fsp3) is 0.375. The van der Waals surface area contributed by atoms with Gasteiger partial charge in [-0.15, -0.1) is 0 Å². The molecule has 21 heavy (non-hydrogen) atoms. The van der Waals surface area contributed by atoms with Gasteiger partial charge in [0.15, 0.2) is 11.5 Å². The molecule has 1 N–H and O–H groups in total. The standard InChI is InChI=1S/C16H18N2O3/c1-18(12-6-2-3-7-12)16(20)14-10-15(21-17-14)11-5-4-8-13(19)9-11/h4-5,8-10,12,19H,2-3,6-7H2,1H3. The lowest BCUT2D eigenvalue weighted by atomic mass is 10.1. The second kappa shape index (κ2) is 5.60. The third-order valence-electron chi connectivity index (χ3n) is 4.05. The Balaban J connectivity index is 1.79. The van der Waals surface area contributed by atoms with E-state index in [1.807, 2.05) is 7.05 Å². The van der Waals surface area contributed by atoms with Crippen LogP contribution in [0.4, 0.5) is 0 Å². The van der Waals surface area contributed by atoms with Gasteiger partial charge in [-0.2, -0.15) is 0 Å². The zero-order valence-electron chi connectivity index (χ0n) is 12.0. The van der Waals surface area contributed by atoms with Crippen molar-refractivity contribution in [2.75, 3.05) is 7.05 Å². The molecule has 1 amide bonds. The Labute approximate surface area is 123 Å². The summed E-state index contributed by atoms with van der Waals surface area (Å²) in [6.07, 6.45) is 4.46. The Morgan fingerprint density at radius 1 is 1.33 bits per heavy atom. The number of rotatable bonds is 3. The van der Waals surface area contributed by atoms with Gasteiger partial charge in [-0.3, -0.25) is 4.79 Å². The number of aromatic hydroxyl groups is 1. The largest absolute Gasteiger partial charge is 0.508 e. The van der Waals surface area contributed by atoms with Crippen LogP contribution in [0.3, 0.4) is 0 Å². The van der Waals surface area contributed by atoms with E-state index in [-0.39, 0.29) is 11.7 Å².